The van der Waals surface area contributed by atoms with Crippen molar-refractivity contribution in [1.29, 1.82) is 0 Å². The zero-order chi connectivity index (χ0) is 23.8. The van der Waals surface area contributed by atoms with Crippen LogP contribution in [0.4, 0.5) is 21.0 Å². The van der Waals surface area contributed by atoms with Gasteiger partial charge in [-0.05, 0) is 29.8 Å². The Balaban J connectivity index is 1.28. The topological polar surface area (TPSA) is 136 Å². The molecule has 1 aliphatic heterocycles. The van der Waals surface area contributed by atoms with Crippen LogP contribution in [0.25, 0.3) is 11.3 Å². The summed E-state index contributed by atoms with van der Waals surface area (Å²) < 4.78 is 21.1. The molecule has 0 spiro atoms. The number of urea groups is 1. The number of hydrogen-bond donors (Lipinski definition) is 4. The van der Waals surface area contributed by atoms with Crippen molar-refractivity contribution >= 4 is 23.5 Å². The number of ether oxygens (including phenoxy) is 3. The van der Waals surface area contributed by atoms with Crippen LogP contribution in [0.3, 0.4) is 0 Å². The number of carbonyl (C=O) groups is 2. The van der Waals surface area contributed by atoms with Crippen LogP contribution in [-0.2, 0) is 16.0 Å². The SMILES string of the molecule is COc1cc(NC(=O)Nc2cccc(CNNC(=O)OC3CCOC3)c2)ccc1-c1cnco1. The van der Waals surface area contributed by atoms with Gasteiger partial charge in [0.1, 0.15) is 11.9 Å². The van der Waals surface area contributed by atoms with Gasteiger partial charge in [-0.3, -0.25) is 5.43 Å². The van der Waals surface area contributed by atoms with Gasteiger partial charge in [0.15, 0.2) is 12.2 Å². The lowest BCUT2D eigenvalue weighted by Gasteiger charge is -2.13. The Bertz CT molecular complexity index is 1110. The number of nitrogens with zero attached hydrogens (tertiary/aromatic N) is 1. The quantitative estimate of drug-likeness (QED) is 0.370. The number of benzene rings is 2. The fourth-order valence-electron chi connectivity index (χ4n) is 3.38. The van der Waals surface area contributed by atoms with Crippen LogP contribution < -0.4 is 26.2 Å². The summed E-state index contributed by atoms with van der Waals surface area (Å²) >= 11 is 0. The Morgan fingerprint density at radius 2 is 2.00 bits per heavy atom. The van der Waals surface area contributed by atoms with Crippen LogP contribution in [0.2, 0.25) is 0 Å². The number of aromatic nitrogens is 1. The van der Waals surface area contributed by atoms with Gasteiger partial charge in [-0.1, -0.05) is 12.1 Å². The van der Waals surface area contributed by atoms with E-state index in [1.165, 1.54) is 13.5 Å². The van der Waals surface area contributed by atoms with E-state index in [2.05, 4.69) is 26.5 Å². The summed E-state index contributed by atoms with van der Waals surface area (Å²) in [7, 11) is 1.54. The molecular weight excluding hydrogens is 442 g/mol. The fourth-order valence-corrected chi connectivity index (χ4v) is 3.38. The van der Waals surface area contributed by atoms with Gasteiger partial charge in [0, 0.05) is 30.4 Å². The van der Waals surface area contributed by atoms with Crippen molar-refractivity contribution in [1.82, 2.24) is 15.8 Å². The highest BCUT2D eigenvalue weighted by atomic mass is 16.6. The molecule has 2 heterocycles. The van der Waals surface area contributed by atoms with Crippen molar-refractivity contribution < 1.29 is 28.2 Å². The van der Waals surface area contributed by atoms with Crippen LogP contribution in [0.5, 0.6) is 5.75 Å². The summed E-state index contributed by atoms with van der Waals surface area (Å²) in [5.74, 6) is 1.10. The third kappa shape index (κ3) is 6.24. The third-order valence-electron chi connectivity index (χ3n) is 4.99. The smallest absolute Gasteiger partial charge is 0.421 e. The van der Waals surface area contributed by atoms with Crippen LogP contribution in [0, 0.1) is 0 Å². The molecule has 4 rings (SSSR count). The molecule has 11 heteroatoms. The van der Waals surface area contributed by atoms with E-state index in [1.807, 2.05) is 6.07 Å². The van der Waals surface area contributed by atoms with Gasteiger partial charge in [-0.2, -0.15) is 0 Å². The van der Waals surface area contributed by atoms with E-state index in [1.54, 1.807) is 42.6 Å². The van der Waals surface area contributed by atoms with E-state index < -0.39 is 12.1 Å². The Morgan fingerprint density at radius 1 is 1.15 bits per heavy atom. The predicted molar refractivity (Wildman–Crippen MR) is 123 cm³/mol. The lowest BCUT2D eigenvalue weighted by molar-refractivity contribution is 0.0801. The first kappa shape index (κ1) is 23.1. The van der Waals surface area contributed by atoms with Crippen LogP contribution in [0.15, 0.2) is 59.5 Å². The van der Waals surface area contributed by atoms with Crippen molar-refractivity contribution in [3.05, 3.63) is 60.6 Å². The monoisotopic (exact) mass is 467 g/mol. The number of oxazole rings is 1. The third-order valence-corrected chi connectivity index (χ3v) is 4.99. The minimum atomic E-state index is -0.561. The first-order chi connectivity index (χ1) is 16.6. The number of anilines is 2. The molecule has 1 fully saturated rings. The van der Waals surface area contributed by atoms with E-state index >= 15 is 0 Å². The molecular formula is C23H25N5O6. The van der Waals surface area contributed by atoms with Gasteiger partial charge >= 0.3 is 12.1 Å². The largest absolute Gasteiger partial charge is 0.496 e. The number of hydrogen-bond acceptors (Lipinski definition) is 8. The first-order valence-electron chi connectivity index (χ1n) is 10.6. The minimum absolute atomic E-state index is 0.217. The molecule has 0 radical (unpaired) electrons. The van der Waals surface area contributed by atoms with E-state index in [4.69, 9.17) is 18.6 Å². The maximum absolute atomic E-state index is 12.5. The molecule has 1 atom stereocenters. The van der Waals surface area contributed by atoms with Gasteiger partial charge in [-0.25, -0.2) is 20.0 Å². The molecule has 1 aliphatic rings. The number of hydrazine groups is 1. The van der Waals surface area contributed by atoms with E-state index in [0.717, 1.165) is 11.1 Å². The zero-order valence-corrected chi connectivity index (χ0v) is 18.5. The van der Waals surface area contributed by atoms with Crippen LogP contribution in [-0.4, -0.2) is 43.5 Å². The van der Waals surface area contributed by atoms with Crippen molar-refractivity contribution in [3.63, 3.8) is 0 Å². The normalized spacial score (nSPS) is 14.9. The van der Waals surface area contributed by atoms with Gasteiger partial charge in [0.25, 0.3) is 0 Å². The second-order valence-electron chi connectivity index (χ2n) is 7.43. The summed E-state index contributed by atoms with van der Waals surface area (Å²) in [6.07, 6.45) is 2.84. The summed E-state index contributed by atoms with van der Waals surface area (Å²) in [6.45, 7) is 1.36. The highest BCUT2D eigenvalue weighted by molar-refractivity contribution is 6.00. The van der Waals surface area contributed by atoms with Crippen LogP contribution >= 0.6 is 0 Å². The number of rotatable bonds is 8. The molecule has 0 bridgehead atoms. The van der Waals surface area contributed by atoms with Gasteiger partial charge in [0.2, 0.25) is 0 Å². The average Bonchev–Trinajstić information content (AvgIpc) is 3.54. The first-order valence-corrected chi connectivity index (χ1v) is 10.6. The lowest BCUT2D eigenvalue weighted by atomic mass is 10.1. The molecule has 178 valence electrons. The Morgan fingerprint density at radius 3 is 2.74 bits per heavy atom. The summed E-state index contributed by atoms with van der Waals surface area (Å²) in [4.78, 5) is 28.2. The lowest BCUT2D eigenvalue weighted by Crippen LogP contribution is -2.39. The fraction of sp³-hybridized carbons (Fsp3) is 0.261. The Kier molecular flexibility index (Phi) is 7.58. The van der Waals surface area contributed by atoms with Gasteiger partial charge in [0.05, 0.1) is 32.1 Å². The van der Waals surface area contributed by atoms with E-state index in [9.17, 15) is 9.59 Å². The Hall–Kier alpha value is -4.09. The van der Waals surface area contributed by atoms with Gasteiger partial charge in [-0.15, -0.1) is 0 Å². The zero-order valence-electron chi connectivity index (χ0n) is 18.5. The van der Waals surface area contributed by atoms with Crippen molar-refractivity contribution in [3.8, 4) is 17.1 Å². The summed E-state index contributed by atoms with van der Waals surface area (Å²) in [5, 5.41) is 5.56. The number of carbonyl (C=O) groups excluding carboxylic acids is 2. The molecule has 0 saturated carbocycles. The molecule has 1 saturated heterocycles. The molecule has 1 unspecified atom stereocenters. The summed E-state index contributed by atoms with van der Waals surface area (Å²) in [6, 6.07) is 12.0. The van der Waals surface area contributed by atoms with Crippen molar-refractivity contribution in [2.75, 3.05) is 31.0 Å². The van der Waals surface area contributed by atoms with E-state index in [0.29, 0.717) is 49.1 Å². The molecule has 3 amide bonds. The van der Waals surface area contributed by atoms with Gasteiger partial charge < -0.3 is 29.3 Å². The molecule has 11 nitrogen and oxygen atoms in total. The highest BCUT2D eigenvalue weighted by Crippen LogP contribution is 2.32. The Labute approximate surface area is 195 Å². The van der Waals surface area contributed by atoms with Crippen LogP contribution in [0.1, 0.15) is 12.0 Å². The van der Waals surface area contributed by atoms with Crippen molar-refractivity contribution in [2.24, 2.45) is 0 Å². The molecule has 4 N–H and O–H groups in total. The minimum Gasteiger partial charge on any atom is -0.496 e. The molecule has 2 aromatic carbocycles. The molecule has 34 heavy (non-hydrogen) atoms. The number of methoxy groups -OCH3 is 1. The second kappa shape index (κ2) is 11.2. The molecule has 3 aromatic rings. The molecule has 0 aliphatic carbocycles. The van der Waals surface area contributed by atoms with Crippen molar-refractivity contribution in [2.45, 2.75) is 19.1 Å². The maximum Gasteiger partial charge on any atom is 0.421 e. The number of amides is 3. The standard InChI is InChI=1S/C23H25N5O6/c1-31-20-10-17(5-6-19(20)21-12-24-14-33-21)27-22(29)26-16-4-2-3-15(9-16)11-25-28-23(30)34-18-7-8-32-13-18/h2-6,9-10,12,14,18,25H,7-8,11,13H2,1H3,(H,28,30)(H2,26,27,29). The average molecular weight is 467 g/mol. The number of nitrogens with one attached hydrogen (secondary N) is 4. The summed E-state index contributed by atoms with van der Waals surface area (Å²) in [5.41, 5.74) is 8.00. The molecule has 1 aromatic heterocycles. The maximum atomic E-state index is 12.5. The van der Waals surface area contributed by atoms with E-state index in [-0.39, 0.29) is 6.10 Å². The predicted octanol–water partition coefficient (Wildman–Crippen LogP) is 3.51. The highest BCUT2D eigenvalue weighted by Gasteiger charge is 2.19. The second-order valence-corrected chi connectivity index (χ2v) is 7.43.